The number of nitrogens with zero attached hydrogens (tertiary/aromatic N) is 4. The summed E-state index contributed by atoms with van der Waals surface area (Å²) in [7, 11) is 0. The van der Waals surface area contributed by atoms with Crippen LogP contribution >= 0.6 is 11.8 Å². The average Bonchev–Trinajstić information content (AvgIpc) is 3.42. The maximum Gasteiger partial charge on any atom is 0.416 e. The number of likely N-dealkylation sites (tertiary alicyclic amines) is 1. The van der Waals surface area contributed by atoms with Gasteiger partial charge < -0.3 is 0 Å². The van der Waals surface area contributed by atoms with E-state index in [0.717, 1.165) is 11.0 Å². The van der Waals surface area contributed by atoms with Gasteiger partial charge in [-0.15, -0.1) is 0 Å². The predicted octanol–water partition coefficient (Wildman–Crippen LogP) is 6.98. The van der Waals surface area contributed by atoms with Crippen molar-refractivity contribution in [3.05, 3.63) is 69.8 Å². The van der Waals surface area contributed by atoms with Crippen molar-refractivity contribution in [2.75, 3.05) is 13.1 Å². The van der Waals surface area contributed by atoms with Gasteiger partial charge >= 0.3 is 12.4 Å². The van der Waals surface area contributed by atoms with Crippen molar-refractivity contribution in [1.29, 1.82) is 0 Å². The zero-order valence-electron chi connectivity index (χ0n) is 22.3. The Kier molecular flexibility index (Phi) is 7.90. The number of piperidine rings is 1. The van der Waals surface area contributed by atoms with E-state index in [2.05, 4.69) is 5.10 Å². The molecule has 224 valence electrons. The van der Waals surface area contributed by atoms with Crippen LogP contribution in [-0.2, 0) is 23.7 Å². The van der Waals surface area contributed by atoms with Crippen molar-refractivity contribution < 1.29 is 40.3 Å². The zero-order valence-corrected chi connectivity index (χ0v) is 23.2. The maximum atomic E-state index is 15.0. The van der Waals surface area contributed by atoms with Gasteiger partial charge in [-0.2, -0.15) is 31.4 Å². The van der Waals surface area contributed by atoms with E-state index in [-0.39, 0.29) is 29.1 Å². The first-order valence-corrected chi connectivity index (χ1v) is 13.8. The summed E-state index contributed by atoms with van der Waals surface area (Å²) in [5.74, 6) is -0.589. The lowest BCUT2D eigenvalue weighted by atomic mass is 10.00. The number of hydrogen-bond donors (Lipinski definition) is 0. The Hall–Kier alpha value is -3.39. The van der Waals surface area contributed by atoms with Gasteiger partial charge in [-0.3, -0.25) is 24.1 Å². The quantitative estimate of drug-likeness (QED) is 0.229. The highest BCUT2D eigenvalue weighted by Gasteiger charge is 2.45. The largest absolute Gasteiger partial charge is 0.416 e. The third-order valence-electron chi connectivity index (χ3n) is 7.45. The average molecular weight is 615 g/mol. The minimum atomic E-state index is -5.01. The van der Waals surface area contributed by atoms with Gasteiger partial charge in [0, 0.05) is 24.5 Å². The molecule has 2 amide bonds. The van der Waals surface area contributed by atoms with E-state index >= 15 is 0 Å². The van der Waals surface area contributed by atoms with Crippen LogP contribution < -0.4 is 0 Å². The Labute approximate surface area is 240 Å². The van der Waals surface area contributed by atoms with Gasteiger partial charge in [0.1, 0.15) is 6.17 Å². The number of rotatable bonds is 5. The van der Waals surface area contributed by atoms with E-state index < -0.39 is 53.4 Å². The third kappa shape index (κ3) is 5.91. The normalized spacial score (nSPS) is 21.9. The molecule has 2 aromatic carbocycles. The molecule has 3 heterocycles. The highest BCUT2D eigenvalue weighted by molar-refractivity contribution is 8.18. The van der Waals surface area contributed by atoms with Crippen LogP contribution in [0.15, 0.2) is 47.5 Å². The van der Waals surface area contributed by atoms with Crippen LogP contribution in [0.4, 0.5) is 35.5 Å². The molecular formula is C28H25F7N4O2S. The molecule has 6 nitrogen and oxygen atoms in total. The SMILES string of the molecule is CC(C)N1CC[C@@H](N2C(=O)SC(=Cc3ccc4c(cnn4Cc4ccc(C(F)(F)F)cc4C(F)(F)F)c3)C2=O)[C@H](F)C1. The zero-order chi connectivity index (χ0) is 30.6. The second kappa shape index (κ2) is 11.0. The Bertz CT molecular complexity index is 1560. The van der Waals surface area contributed by atoms with Crippen LogP contribution in [0, 0.1) is 0 Å². The molecule has 0 aliphatic carbocycles. The van der Waals surface area contributed by atoms with Crippen LogP contribution in [0.2, 0.25) is 0 Å². The topological polar surface area (TPSA) is 58.4 Å². The second-order valence-electron chi connectivity index (χ2n) is 10.5. The van der Waals surface area contributed by atoms with E-state index in [4.69, 9.17) is 0 Å². The summed E-state index contributed by atoms with van der Waals surface area (Å²) in [6.07, 6.45) is -8.13. The lowest BCUT2D eigenvalue weighted by molar-refractivity contribution is -0.143. The third-order valence-corrected chi connectivity index (χ3v) is 8.33. The number of imide groups is 1. The van der Waals surface area contributed by atoms with E-state index in [1.54, 1.807) is 18.2 Å². The molecular weight excluding hydrogens is 589 g/mol. The first-order chi connectivity index (χ1) is 19.6. The van der Waals surface area contributed by atoms with Crippen molar-refractivity contribution in [2.24, 2.45) is 0 Å². The summed E-state index contributed by atoms with van der Waals surface area (Å²) in [5.41, 5.74) is -2.28. The van der Waals surface area contributed by atoms with Crippen LogP contribution in [0.25, 0.3) is 17.0 Å². The van der Waals surface area contributed by atoms with E-state index in [0.29, 0.717) is 47.3 Å². The molecule has 3 aromatic rings. The van der Waals surface area contributed by atoms with Crippen molar-refractivity contribution >= 4 is 39.9 Å². The molecule has 0 N–H and O–H groups in total. The number of carbonyl (C=O) groups excluding carboxylic acids is 2. The number of benzene rings is 2. The van der Waals surface area contributed by atoms with Gasteiger partial charge in [0.05, 0.1) is 40.3 Å². The standard InChI is InChI=1S/C28H25F7N4O2S/c1-15(2)37-8-7-23(21(29)14-37)39-25(40)24(42-26(39)41)10-16-3-6-22-18(9-16)12-36-38(22)13-17-4-5-19(27(30,31)32)11-20(17)28(33,34)35/h3-6,9-12,15,21,23H,7-8,13-14H2,1-2H3/t21-,23-/m1/s1. The number of aromatic nitrogens is 2. The fourth-order valence-corrected chi connectivity index (χ4v) is 6.12. The molecule has 42 heavy (non-hydrogen) atoms. The molecule has 0 bridgehead atoms. The predicted molar refractivity (Wildman–Crippen MR) is 143 cm³/mol. The van der Waals surface area contributed by atoms with E-state index in [1.165, 1.54) is 17.0 Å². The van der Waals surface area contributed by atoms with Crippen molar-refractivity contribution in [3.63, 3.8) is 0 Å². The van der Waals surface area contributed by atoms with Gasteiger partial charge in [-0.1, -0.05) is 12.1 Å². The monoisotopic (exact) mass is 614 g/mol. The molecule has 1 aromatic heterocycles. The first kappa shape index (κ1) is 30.1. The van der Waals surface area contributed by atoms with Crippen LogP contribution in [0.1, 0.15) is 42.5 Å². The summed E-state index contributed by atoms with van der Waals surface area (Å²) in [4.78, 5) is 28.9. The van der Waals surface area contributed by atoms with E-state index in [1.807, 2.05) is 18.7 Å². The number of carbonyl (C=O) groups is 2. The molecule has 0 spiro atoms. The molecule has 0 saturated carbocycles. The second-order valence-corrected chi connectivity index (χ2v) is 11.5. The fraction of sp³-hybridized carbons (Fsp3) is 0.393. The van der Waals surface area contributed by atoms with Crippen LogP contribution in [-0.4, -0.2) is 62.1 Å². The van der Waals surface area contributed by atoms with Crippen LogP contribution in [0.5, 0.6) is 0 Å². The highest BCUT2D eigenvalue weighted by atomic mass is 32.2. The number of amides is 2. The molecule has 0 radical (unpaired) electrons. The number of thioether (sulfide) groups is 1. The molecule has 0 unspecified atom stereocenters. The Morgan fingerprint density at radius 2 is 1.79 bits per heavy atom. The highest BCUT2D eigenvalue weighted by Crippen LogP contribution is 2.39. The van der Waals surface area contributed by atoms with Crippen LogP contribution in [0.3, 0.4) is 0 Å². The molecule has 2 fully saturated rings. The van der Waals surface area contributed by atoms with Gasteiger partial charge in [-0.05, 0) is 73.5 Å². The number of halogens is 7. The Morgan fingerprint density at radius 1 is 1.05 bits per heavy atom. The summed E-state index contributed by atoms with van der Waals surface area (Å²) in [6, 6.07) is 5.50. The van der Waals surface area contributed by atoms with Gasteiger partial charge in [0.15, 0.2) is 0 Å². The fourth-order valence-electron chi connectivity index (χ4n) is 5.23. The van der Waals surface area contributed by atoms with Crippen molar-refractivity contribution in [2.45, 2.75) is 57.4 Å². The molecule has 2 saturated heterocycles. The maximum absolute atomic E-state index is 15.0. The molecule has 2 atom stereocenters. The first-order valence-electron chi connectivity index (χ1n) is 13.0. The van der Waals surface area contributed by atoms with Gasteiger partial charge in [0.25, 0.3) is 11.1 Å². The number of hydrogen-bond acceptors (Lipinski definition) is 5. The summed E-state index contributed by atoms with van der Waals surface area (Å²) in [6.45, 7) is 4.15. The Balaban J connectivity index is 1.37. The van der Waals surface area contributed by atoms with Gasteiger partial charge in [0.2, 0.25) is 0 Å². The smallest absolute Gasteiger partial charge is 0.298 e. The minimum absolute atomic E-state index is 0.0882. The van der Waals surface area contributed by atoms with Crippen molar-refractivity contribution in [3.8, 4) is 0 Å². The summed E-state index contributed by atoms with van der Waals surface area (Å²) >= 11 is 0.709. The molecule has 2 aliphatic rings. The lowest BCUT2D eigenvalue weighted by Crippen LogP contribution is -2.55. The molecule has 14 heteroatoms. The summed E-state index contributed by atoms with van der Waals surface area (Å²) < 4.78 is 96.1. The Morgan fingerprint density at radius 3 is 2.43 bits per heavy atom. The molecule has 5 rings (SSSR count). The number of alkyl halides is 7. The summed E-state index contributed by atoms with van der Waals surface area (Å²) in [5, 5.41) is 4.05. The van der Waals surface area contributed by atoms with Crippen molar-refractivity contribution in [1.82, 2.24) is 19.6 Å². The lowest BCUT2D eigenvalue weighted by Gasteiger charge is -2.39. The van der Waals surface area contributed by atoms with E-state index in [9.17, 15) is 40.3 Å². The van der Waals surface area contributed by atoms with Gasteiger partial charge in [-0.25, -0.2) is 4.39 Å². The minimum Gasteiger partial charge on any atom is -0.298 e. The number of fused-ring (bicyclic) bond motifs is 1. The molecule has 2 aliphatic heterocycles.